The second-order valence-corrected chi connectivity index (χ2v) is 9.45. The molecule has 1 aliphatic rings. The van der Waals surface area contributed by atoms with E-state index < -0.39 is 10.0 Å². The summed E-state index contributed by atoms with van der Waals surface area (Å²) in [6, 6.07) is 18.9. The van der Waals surface area contributed by atoms with Gasteiger partial charge < -0.3 is 4.90 Å². The van der Waals surface area contributed by atoms with Gasteiger partial charge in [0.2, 0.25) is 0 Å². The Morgan fingerprint density at radius 3 is 2.53 bits per heavy atom. The van der Waals surface area contributed by atoms with Crippen molar-refractivity contribution in [1.29, 1.82) is 0 Å². The highest BCUT2D eigenvalue weighted by Gasteiger charge is 2.25. The molecule has 1 N–H and O–H groups in total. The van der Waals surface area contributed by atoms with E-state index in [1.807, 2.05) is 31.2 Å². The van der Waals surface area contributed by atoms with Crippen molar-refractivity contribution in [2.24, 2.45) is 0 Å². The highest BCUT2D eigenvalue weighted by Crippen LogP contribution is 2.31. The number of halogens is 1. The fourth-order valence-electron chi connectivity index (χ4n) is 3.57. The Morgan fingerprint density at radius 2 is 1.80 bits per heavy atom. The molecule has 0 atom stereocenters. The molecule has 4 rings (SSSR count). The van der Waals surface area contributed by atoms with E-state index in [1.165, 1.54) is 6.07 Å². The predicted molar refractivity (Wildman–Crippen MR) is 120 cm³/mol. The van der Waals surface area contributed by atoms with Crippen LogP contribution in [0.5, 0.6) is 0 Å². The number of nitrogens with zero attached hydrogens (tertiary/aromatic N) is 1. The average Bonchev–Trinajstić information content (AvgIpc) is 2.72. The van der Waals surface area contributed by atoms with Gasteiger partial charge in [-0.05, 0) is 73.9 Å². The van der Waals surface area contributed by atoms with Crippen LogP contribution < -0.4 is 9.62 Å². The fraction of sp³-hybridized carbons (Fsp3) is 0.174. The SMILES string of the molecule is Cc1ccc(C(=O)N2CCCc3cc(S(=O)(=O)Nc4cccc(Cl)c4)ccc32)cc1. The zero-order valence-corrected chi connectivity index (χ0v) is 18.0. The number of anilines is 2. The molecule has 0 bridgehead atoms. The number of amides is 1. The molecule has 0 saturated heterocycles. The maximum atomic E-state index is 13.0. The quantitative estimate of drug-likeness (QED) is 0.617. The molecule has 0 unspecified atom stereocenters. The smallest absolute Gasteiger partial charge is 0.261 e. The summed E-state index contributed by atoms with van der Waals surface area (Å²) in [5.74, 6) is -0.0800. The van der Waals surface area contributed by atoms with E-state index in [4.69, 9.17) is 11.6 Å². The minimum absolute atomic E-state index is 0.0800. The molecular formula is C23H21ClN2O3S. The van der Waals surface area contributed by atoms with Crippen molar-refractivity contribution in [2.45, 2.75) is 24.7 Å². The molecule has 5 nitrogen and oxygen atoms in total. The van der Waals surface area contributed by atoms with Crippen LogP contribution in [-0.2, 0) is 16.4 Å². The van der Waals surface area contributed by atoms with Gasteiger partial charge in [-0.2, -0.15) is 0 Å². The lowest BCUT2D eigenvalue weighted by atomic mass is 10.0. The van der Waals surface area contributed by atoms with Gasteiger partial charge in [-0.25, -0.2) is 8.42 Å². The van der Waals surface area contributed by atoms with Gasteiger partial charge in [0.1, 0.15) is 0 Å². The van der Waals surface area contributed by atoms with E-state index >= 15 is 0 Å². The number of sulfonamides is 1. The molecule has 1 heterocycles. The molecule has 0 spiro atoms. The molecule has 1 amide bonds. The number of hydrogen-bond acceptors (Lipinski definition) is 3. The number of benzene rings is 3. The molecule has 0 aliphatic carbocycles. The van der Waals surface area contributed by atoms with Crippen molar-refractivity contribution in [3.05, 3.63) is 88.4 Å². The van der Waals surface area contributed by atoms with Crippen LogP contribution in [0, 0.1) is 6.92 Å². The van der Waals surface area contributed by atoms with Gasteiger partial charge in [-0.3, -0.25) is 9.52 Å². The van der Waals surface area contributed by atoms with Gasteiger partial charge in [0.15, 0.2) is 0 Å². The number of nitrogens with one attached hydrogen (secondary N) is 1. The topological polar surface area (TPSA) is 66.5 Å². The van der Waals surface area contributed by atoms with Gasteiger partial charge in [0.05, 0.1) is 10.6 Å². The summed E-state index contributed by atoms with van der Waals surface area (Å²) in [6.45, 7) is 2.58. The summed E-state index contributed by atoms with van der Waals surface area (Å²) >= 11 is 5.95. The van der Waals surface area contributed by atoms with Crippen molar-refractivity contribution < 1.29 is 13.2 Å². The van der Waals surface area contributed by atoms with E-state index in [1.54, 1.807) is 41.3 Å². The molecule has 154 valence electrons. The minimum Gasteiger partial charge on any atom is -0.308 e. The van der Waals surface area contributed by atoms with Gasteiger partial charge in [-0.1, -0.05) is 35.4 Å². The Bertz CT molecular complexity index is 1210. The van der Waals surface area contributed by atoms with E-state index in [2.05, 4.69) is 4.72 Å². The van der Waals surface area contributed by atoms with Crippen LogP contribution in [0.1, 0.15) is 27.9 Å². The van der Waals surface area contributed by atoms with E-state index in [9.17, 15) is 13.2 Å². The lowest BCUT2D eigenvalue weighted by molar-refractivity contribution is 0.0985. The number of hydrogen-bond donors (Lipinski definition) is 1. The minimum atomic E-state index is -3.77. The second kappa shape index (κ2) is 8.13. The maximum Gasteiger partial charge on any atom is 0.261 e. The summed E-state index contributed by atoms with van der Waals surface area (Å²) in [5, 5.41) is 0.450. The van der Waals surface area contributed by atoms with Crippen molar-refractivity contribution in [2.75, 3.05) is 16.2 Å². The van der Waals surface area contributed by atoms with Crippen LogP contribution in [0.15, 0.2) is 71.6 Å². The molecule has 0 fully saturated rings. The van der Waals surface area contributed by atoms with E-state index in [0.29, 0.717) is 29.2 Å². The Morgan fingerprint density at radius 1 is 1.03 bits per heavy atom. The molecule has 1 aliphatic heterocycles. The summed E-state index contributed by atoms with van der Waals surface area (Å²) in [5.41, 5.74) is 3.71. The van der Waals surface area contributed by atoms with Crippen molar-refractivity contribution in [3.63, 3.8) is 0 Å². The number of carbonyl (C=O) groups excluding carboxylic acids is 1. The Hall–Kier alpha value is -2.83. The second-order valence-electron chi connectivity index (χ2n) is 7.33. The highest BCUT2D eigenvalue weighted by atomic mass is 35.5. The summed E-state index contributed by atoms with van der Waals surface area (Å²) < 4.78 is 28.2. The van der Waals surface area contributed by atoms with Crippen molar-refractivity contribution >= 4 is 38.9 Å². The van der Waals surface area contributed by atoms with Crippen LogP contribution >= 0.6 is 11.6 Å². The highest BCUT2D eigenvalue weighted by molar-refractivity contribution is 7.92. The lowest BCUT2D eigenvalue weighted by Crippen LogP contribution is -2.35. The van der Waals surface area contributed by atoms with Crippen LogP contribution in [0.25, 0.3) is 0 Å². The van der Waals surface area contributed by atoms with E-state index in [0.717, 1.165) is 23.2 Å². The molecule has 30 heavy (non-hydrogen) atoms. The van der Waals surface area contributed by atoms with E-state index in [-0.39, 0.29) is 10.8 Å². The summed E-state index contributed by atoms with van der Waals surface area (Å²) in [4.78, 5) is 14.9. The zero-order chi connectivity index (χ0) is 21.3. The Labute approximate surface area is 181 Å². The summed E-state index contributed by atoms with van der Waals surface area (Å²) in [6.07, 6.45) is 1.49. The zero-order valence-electron chi connectivity index (χ0n) is 16.4. The summed E-state index contributed by atoms with van der Waals surface area (Å²) in [7, 11) is -3.77. The molecule has 0 aromatic heterocycles. The number of aryl methyl sites for hydroxylation is 2. The average molecular weight is 441 g/mol. The molecule has 7 heteroatoms. The third-order valence-corrected chi connectivity index (χ3v) is 6.71. The van der Waals surface area contributed by atoms with Crippen LogP contribution in [-0.4, -0.2) is 20.9 Å². The first-order valence-electron chi connectivity index (χ1n) is 9.63. The molecule has 0 saturated carbocycles. The first kappa shape index (κ1) is 20.4. The molecular weight excluding hydrogens is 420 g/mol. The third-order valence-electron chi connectivity index (χ3n) is 5.10. The molecule has 3 aromatic rings. The third kappa shape index (κ3) is 4.20. The Balaban J connectivity index is 1.63. The first-order chi connectivity index (χ1) is 14.3. The Kier molecular flexibility index (Phi) is 5.54. The van der Waals surface area contributed by atoms with Crippen LogP contribution in [0.3, 0.4) is 0 Å². The van der Waals surface area contributed by atoms with Gasteiger partial charge in [0.25, 0.3) is 15.9 Å². The number of carbonyl (C=O) groups is 1. The van der Waals surface area contributed by atoms with Gasteiger partial charge >= 0.3 is 0 Å². The van der Waals surface area contributed by atoms with Crippen LogP contribution in [0.4, 0.5) is 11.4 Å². The van der Waals surface area contributed by atoms with Crippen LogP contribution in [0.2, 0.25) is 5.02 Å². The predicted octanol–water partition coefficient (Wildman–Crippen LogP) is 5.04. The van der Waals surface area contributed by atoms with Crippen molar-refractivity contribution in [3.8, 4) is 0 Å². The lowest BCUT2D eigenvalue weighted by Gasteiger charge is -2.30. The normalized spacial score (nSPS) is 13.6. The molecule has 3 aromatic carbocycles. The monoisotopic (exact) mass is 440 g/mol. The largest absolute Gasteiger partial charge is 0.308 e. The molecule has 0 radical (unpaired) electrons. The van der Waals surface area contributed by atoms with Crippen molar-refractivity contribution in [1.82, 2.24) is 0 Å². The maximum absolute atomic E-state index is 13.0. The first-order valence-corrected chi connectivity index (χ1v) is 11.5. The number of rotatable bonds is 4. The fourth-order valence-corrected chi connectivity index (χ4v) is 4.86. The number of fused-ring (bicyclic) bond motifs is 1. The van der Waals surface area contributed by atoms with Gasteiger partial charge in [-0.15, -0.1) is 0 Å². The standard InChI is InChI=1S/C23H21ClN2O3S/c1-16-7-9-17(10-8-16)23(27)26-13-3-4-18-14-21(11-12-22(18)26)30(28,29)25-20-6-2-5-19(24)15-20/h2,5-12,14-15,25H,3-4,13H2,1H3. The van der Waals surface area contributed by atoms with Gasteiger partial charge in [0, 0.05) is 22.8 Å².